The van der Waals surface area contributed by atoms with Gasteiger partial charge >= 0.3 is 0 Å². The van der Waals surface area contributed by atoms with Gasteiger partial charge in [0.05, 0.1) is 17.6 Å². The summed E-state index contributed by atoms with van der Waals surface area (Å²) in [5, 5.41) is 0. The average molecular weight is 301 g/mol. The number of halogens is 1. The number of ether oxygens (including phenoxy) is 1. The molecule has 0 fully saturated rings. The van der Waals surface area contributed by atoms with Gasteiger partial charge in [0.2, 0.25) is 0 Å². The summed E-state index contributed by atoms with van der Waals surface area (Å²) >= 11 is 5.92. The van der Waals surface area contributed by atoms with Gasteiger partial charge in [-0.05, 0) is 43.3 Å². The van der Waals surface area contributed by atoms with Crippen LogP contribution in [0, 0.1) is 0 Å². The van der Waals surface area contributed by atoms with E-state index in [1.807, 2.05) is 37.3 Å². The molecule has 0 spiro atoms. The van der Waals surface area contributed by atoms with Gasteiger partial charge in [-0.2, -0.15) is 0 Å². The van der Waals surface area contributed by atoms with Crippen LogP contribution in [0.2, 0.25) is 0 Å². The molecule has 108 valence electrons. The number of para-hydroxylation sites is 2. The molecule has 4 heteroatoms. The Balaban J connectivity index is 2.11. The molecular formula is C17H17ClN2O. The van der Waals surface area contributed by atoms with Gasteiger partial charge in [-0.3, -0.25) is 4.57 Å². The molecule has 3 rings (SSSR count). The first-order valence-corrected chi connectivity index (χ1v) is 7.62. The predicted octanol–water partition coefficient (Wildman–Crippen LogP) is 4.21. The first kappa shape index (κ1) is 14.0. The number of alkyl halides is 1. The molecule has 0 bridgehead atoms. The van der Waals surface area contributed by atoms with Gasteiger partial charge in [-0.25, -0.2) is 4.98 Å². The third kappa shape index (κ3) is 2.74. The third-order valence-corrected chi connectivity index (χ3v) is 3.54. The van der Waals surface area contributed by atoms with E-state index in [0.717, 1.165) is 34.7 Å². The van der Waals surface area contributed by atoms with Crippen LogP contribution < -0.4 is 4.74 Å². The van der Waals surface area contributed by atoms with Crippen LogP contribution in [0.5, 0.6) is 5.75 Å². The summed E-state index contributed by atoms with van der Waals surface area (Å²) in [5.41, 5.74) is 3.17. The van der Waals surface area contributed by atoms with Gasteiger partial charge in [0.15, 0.2) is 0 Å². The highest BCUT2D eigenvalue weighted by Crippen LogP contribution is 2.23. The Hall–Kier alpha value is -2.00. The number of fused-ring (bicyclic) bond motifs is 1. The predicted molar refractivity (Wildman–Crippen MR) is 86.7 cm³/mol. The summed E-state index contributed by atoms with van der Waals surface area (Å²) in [6, 6.07) is 16.2. The minimum absolute atomic E-state index is 0.556. The van der Waals surface area contributed by atoms with Crippen molar-refractivity contribution < 1.29 is 4.74 Å². The molecule has 0 aliphatic heterocycles. The molecular weight excluding hydrogens is 284 g/mol. The highest BCUT2D eigenvalue weighted by Gasteiger charge is 2.11. The van der Waals surface area contributed by atoms with E-state index in [2.05, 4.69) is 27.8 Å². The van der Waals surface area contributed by atoms with E-state index in [1.54, 1.807) is 0 Å². The first-order valence-electron chi connectivity index (χ1n) is 7.09. The molecule has 3 aromatic rings. The Kier molecular flexibility index (Phi) is 4.11. The van der Waals surface area contributed by atoms with E-state index >= 15 is 0 Å². The SMILES string of the molecule is CCOc1ccc(-n2c(CCCl)nc3ccccc32)cc1. The molecule has 1 heterocycles. The van der Waals surface area contributed by atoms with Crippen molar-refractivity contribution in [2.75, 3.05) is 12.5 Å². The van der Waals surface area contributed by atoms with E-state index in [-0.39, 0.29) is 0 Å². The maximum atomic E-state index is 5.92. The number of aromatic nitrogens is 2. The maximum absolute atomic E-state index is 5.92. The second-order valence-electron chi connectivity index (χ2n) is 4.72. The third-order valence-electron chi connectivity index (χ3n) is 3.35. The Morgan fingerprint density at radius 2 is 1.86 bits per heavy atom. The van der Waals surface area contributed by atoms with Gasteiger partial charge < -0.3 is 4.74 Å². The zero-order valence-electron chi connectivity index (χ0n) is 11.9. The Morgan fingerprint density at radius 3 is 2.57 bits per heavy atom. The fourth-order valence-electron chi connectivity index (χ4n) is 2.47. The Morgan fingerprint density at radius 1 is 1.10 bits per heavy atom. The van der Waals surface area contributed by atoms with Crippen LogP contribution in [0.15, 0.2) is 48.5 Å². The topological polar surface area (TPSA) is 27.1 Å². The van der Waals surface area contributed by atoms with Crippen LogP contribution in [0.3, 0.4) is 0 Å². The molecule has 0 unspecified atom stereocenters. The van der Waals surface area contributed by atoms with Crippen LogP contribution in [-0.2, 0) is 6.42 Å². The van der Waals surface area contributed by atoms with Gasteiger partial charge in [-0.15, -0.1) is 11.6 Å². The van der Waals surface area contributed by atoms with Gasteiger partial charge in [0.25, 0.3) is 0 Å². The van der Waals surface area contributed by atoms with Crippen LogP contribution in [0.25, 0.3) is 16.7 Å². The molecule has 3 nitrogen and oxygen atoms in total. The summed E-state index contributed by atoms with van der Waals surface area (Å²) in [6.45, 7) is 2.65. The van der Waals surface area contributed by atoms with Crippen LogP contribution in [-0.4, -0.2) is 22.0 Å². The lowest BCUT2D eigenvalue weighted by Gasteiger charge is -2.10. The van der Waals surface area contributed by atoms with Crippen molar-refractivity contribution in [2.45, 2.75) is 13.3 Å². The summed E-state index contributed by atoms with van der Waals surface area (Å²) in [4.78, 5) is 4.68. The fourth-order valence-corrected chi connectivity index (χ4v) is 2.64. The molecule has 0 N–H and O–H groups in total. The minimum Gasteiger partial charge on any atom is -0.494 e. The van der Waals surface area contributed by atoms with Gasteiger partial charge in [0.1, 0.15) is 11.6 Å². The summed E-state index contributed by atoms with van der Waals surface area (Å²) in [6.07, 6.45) is 0.740. The number of rotatable bonds is 5. The van der Waals surface area contributed by atoms with Crippen molar-refractivity contribution >= 4 is 22.6 Å². The Bertz CT molecular complexity index is 734. The molecule has 21 heavy (non-hydrogen) atoms. The van der Waals surface area contributed by atoms with Crippen molar-refractivity contribution in [1.29, 1.82) is 0 Å². The second-order valence-corrected chi connectivity index (χ2v) is 5.10. The molecule has 0 aliphatic rings. The lowest BCUT2D eigenvalue weighted by Crippen LogP contribution is -2.02. The number of benzene rings is 2. The van der Waals surface area contributed by atoms with E-state index in [9.17, 15) is 0 Å². The van der Waals surface area contributed by atoms with Gasteiger partial charge in [-0.1, -0.05) is 12.1 Å². The van der Waals surface area contributed by atoms with Crippen molar-refractivity contribution in [3.63, 3.8) is 0 Å². The summed E-state index contributed by atoms with van der Waals surface area (Å²) in [7, 11) is 0. The summed E-state index contributed by atoms with van der Waals surface area (Å²) in [5.74, 6) is 2.42. The lowest BCUT2D eigenvalue weighted by molar-refractivity contribution is 0.340. The first-order chi connectivity index (χ1) is 10.3. The monoisotopic (exact) mass is 300 g/mol. The average Bonchev–Trinajstić information content (AvgIpc) is 2.87. The molecule has 0 radical (unpaired) electrons. The number of aryl methyl sites for hydroxylation is 1. The zero-order chi connectivity index (χ0) is 14.7. The zero-order valence-corrected chi connectivity index (χ0v) is 12.7. The van der Waals surface area contributed by atoms with E-state index in [1.165, 1.54) is 0 Å². The van der Waals surface area contributed by atoms with Crippen LogP contribution >= 0.6 is 11.6 Å². The maximum Gasteiger partial charge on any atom is 0.119 e. The lowest BCUT2D eigenvalue weighted by atomic mass is 10.2. The molecule has 2 aromatic carbocycles. The van der Waals surface area contributed by atoms with E-state index in [0.29, 0.717) is 12.5 Å². The molecule has 0 atom stereocenters. The summed E-state index contributed by atoms with van der Waals surface area (Å²) < 4.78 is 7.66. The quantitative estimate of drug-likeness (QED) is 0.660. The highest BCUT2D eigenvalue weighted by atomic mass is 35.5. The molecule has 0 saturated carbocycles. The smallest absolute Gasteiger partial charge is 0.119 e. The standard InChI is InChI=1S/C17H17ClN2O/c1-2-21-14-9-7-13(8-10-14)20-16-6-4-3-5-15(16)19-17(20)11-12-18/h3-10H,2,11-12H2,1H3. The van der Waals surface area contributed by atoms with Crippen LogP contribution in [0.1, 0.15) is 12.7 Å². The van der Waals surface area contributed by atoms with E-state index < -0.39 is 0 Å². The normalized spacial score (nSPS) is 11.0. The number of hydrogen-bond acceptors (Lipinski definition) is 2. The van der Waals surface area contributed by atoms with Gasteiger partial charge in [0, 0.05) is 18.0 Å². The van der Waals surface area contributed by atoms with Crippen LogP contribution in [0.4, 0.5) is 0 Å². The molecule has 0 aliphatic carbocycles. The van der Waals surface area contributed by atoms with Crippen molar-refractivity contribution in [3.05, 3.63) is 54.4 Å². The van der Waals surface area contributed by atoms with Crippen molar-refractivity contribution in [2.24, 2.45) is 0 Å². The largest absolute Gasteiger partial charge is 0.494 e. The second kappa shape index (κ2) is 6.19. The minimum atomic E-state index is 0.556. The number of imidazole rings is 1. The highest BCUT2D eigenvalue weighted by molar-refractivity contribution is 6.17. The number of nitrogens with zero attached hydrogens (tertiary/aromatic N) is 2. The fraction of sp³-hybridized carbons (Fsp3) is 0.235. The molecule has 1 aromatic heterocycles. The van der Waals surface area contributed by atoms with E-state index in [4.69, 9.17) is 16.3 Å². The molecule has 0 saturated heterocycles. The van der Waals surface area contributed by atoms with Crippen molar-refractivity contribution in [3.8, 4) is 11.4 Å². The molecule has 0 amide bonds. The number of hydrogen-bond donors (Lipinski definition) is 0. The van der Waals surface area contributed by atoms with Crippen molar-refractivity contribution in [1.82, 2.24) is 9.55 Å². The Labute approximate surface area is 129 Å².